The molecule has 0 bridgehead atoms. The van der Waals surface area contributed by atoms with Crippen LogP contribution in [0.3, 0.4) is 0 Å². The number of benzene rings is 1. The summed E-state index contributed by atoms with van der Waals surface area (Å²) in [6, 6.07) is 7.48. The first kappa shape index (κ1) is 15.1. The summed E-state index contributed by atoms with van der Waals surface area (Å²) in [5, 5.41) is 3.90. The molecule has 1 N–H and O–H groups in total. The predicted octanol–water partition coefficient (Wildman–Crippen LogP) is 2.81. The normalized spacial score (nSPS) is 19.5. The highest BCUT2D eigenvalue weighted by molar-refractivity contribution is 6.30. The van der Waals surface area contributed by atoms with Crippen molar-refractivity contribution in [1.29, 1.82) is 0 Å². The molecule has 1 atom stereocenters. The van der Waals surface area contributed by atoms with Gasteiger partial charge in [0.25, 0.3) is 0 Å². The van der Waals surface area contributed by atoms with Crippen molar-refractivity contribution in [3.63, 3.8) is 0 Å². The van der Waals surface area contributed by atoms with Crippen molar-refractivity contribution in [1.82, 2.24) is 10.2 Å². The highest BCUT2D eigenvalue weighted by Gasteiger charge is 2.21. The predicted molar refractivity (Wildman–Crippen MR) is 83.7 cm³/mol. The molecule has 108 valence electrons. The number of piperidine rings is 1. The Bertz CT molecular complexity index is 468. The molecule has 1 heterocycles. The Balaban J connectivity index is 1.92. The number of hydrogen-bond donors (Lipinski definition) is 1. The third-order valence-electron chi connectivity index (χ3n) is 3.61. The quantitative estimate of drug-likeness (QED) is 0.866. The van der Waals surface area contributed by atoms with Gasteiger partial charge in [0, 0.05) is 24.2 Å². The van der Waals surface area contributed by atoms with Crippen LogP contribution in [0.5, 0.6) is 0 Å². The van der Waals surface area contributed by atoms with E-state index in [0.29, 0.717) is 10.9 Å². The number of halogens is 1. The van der Waals surface area contributed by atoms with E-state index in [9.17, 15) is 4.79 Å². The molecule has 1 amide bonds. The van der Waals surface area contributed by atoms with E-state index in [1.54, 1.807) is 6.08 Å². The zero-order valence-corrected chi connectivity index (χ0v) is 12.6. The Kier molecular flexibility index (Phi) is 5.62. The smallest absolute Gasteiger partial charge is 0.246 e. The van der Waals surface area contributed by atoms with Gasteiger partial charge in [-0.3, -0.25) is 4.79 Å². The molecule has 1 unspecified atom stereocenters. The van der Waals surface area contributed by atoms with E-state index in [4.69, 9.17) is 11.6 Å². The van der Waals surface area contributed by atoms with E-state index in [-0.39, 0.29) is 5.91 Å². The molecule has 0 saturated carbocycles. The molecule has 0 aliphatic carbocycles. The van der Waals surface area contributed by atoms with E-state index in [0.717, 1.165) is 31.6 Å². The van der Waals surface area contributed by atoms with E-state index in [2.05, 4.69) is 5.32 Å². The number of carbonyl (C=O) groups excluding carboxylic acids is 1. The molecular weight excluding hydrogens is 272 g/mol. The van der Waals surface area contributed by atoms with Crippen LogP contribution in [0.1, 0.15) is 18.4 Å². The van der Waals surface area contributed by atoms with Gasteiger partial charge < -0.3 is 10.2 Å². The largest absolute Gasteiger partial charge is 0.339 e. The molecule has 1 aromatic carbocycles. The second kappa shape index (κ2) is 7.46. The topological polar surface area (TPSA) is 32.3 Å². The van der Waals surface area contributed by atoms with Gasteiger partial charge in [-0.05, 0) is 56.1 Å². The Labute approximate surface area is 125 Å². The maximum absolute atomic E-state index is 12.2. The average molecular weight is 293 g/mol. The fourth-order valence-corrected chi connectivity index (χ4v) is 2.69. The zero-order valence-electron chi connectivity index (χ0n) is 11.8. The van der Waals surface area contributed by atoms with E-state index in [1.165, 1.54) is 6.42 Å². The van der Waals surface area contributed by atoms with Crippen molar-refractivity contribution in [2.45, 2.75) is 12.8 Å². The highest BCUT2D eigenvalue weighted by atomic mass is 35.5. The third kappa shape index (κ3) is 4.36. The minimum atomic E-state index is 0.0979. The van der Waals surface area contributed by atoms with Gasteiger partial charge in [-0.2, -0.15) is 0 Å². The summed E-state index contributed by atoms with van der Waals surface area (Å²) in [6.07, 6.45) is 5.80. The summed E-state index contributed by atoms with van der Waals surface area (Å²) < 4.78 is 0. The van der Waals surface area contributed by atoms with Crippen LogP contribution < -0.4 is 5.32 Å². The van der Waals surface area contributed by atoms with Crippen LogP contribution in [0.15, 0.2) is 30.3 Å². The minimum absolute atomic E-state index is 0.0979. The minimum Gasteiger partial charge on any atom is -0.339 e. The molecule has 1 aliphatic heterocycles. The molecule has 1 aromatic rings. The molecule has 0 aromatic heterocycles. The number of carbonyl (C=O) groups is 1. The van der Waals surface area contributed by atoms with Gasteiger partial charge in [0.15, 0.2) is 0 Å². The van der Waals surface area contributed by atoms with Gasteiger partial charge in [0.1, 0.15) is 0 Å². The van der Waals surface area contributed by atoms with Crippen LogP contribution in [0, 0.1) is 5.92 Å². The molecule has 0 radical (unpaired) electrons. The average Bonchev–Trinajstić information content (AvgIpc) is 2.47. The highest BCUT2D eigenvalue weighted by Crippen LogP contribution is 2.16. The second-order valence-electron chi connectivity index (χ2n) is 5.24. The number of amides is 1. The third-order valence-corrected chi connectivity index (χ3v) is 3.86. The van der Waals surface area contributed by atoms with E-state index < -0.39 is 0 Å². The summed E-state index contributed by atoms with van der Waals surface area (Å²) in [5.41, 5.74) is 0.992. The number of hydrogen-bond acceptors (Lipinski definition) is 2. The van der Waals surface area contributed by atoms with Crippen molar-refractivity contribution in [3.05, 3.63) is 40.9 Å². The fraction of sp³-hybridized carbons (Fsp3) is 0.438. The molecule has 0 spiro atoms. The van der Waals surface area contributed by atoms with E-state index >= 15 is 0 Å². The monoisotopic (exact) mass is 292 g/mol. The lowest BCUT2D eigenvalue weighted by Gasteiger charge is -2.32. The molecule has 4 heteroatoms. The molecule has 20 heavy (non-hydrogen) atoms. The summed E-state index contributed by atoms with van der Waals surface area (Å²) >= 11 is 5.84. The maximum Gasteiger partial charge on any atom is 0.246 e. The molecular formula is C16H21ClN2O. The van der Waals surface area contributed by atoms with Gasteiger partial charge in [-0.1, -0.05) is 23.7 Å². The fourth-order valence-electron chi connectivity index (χ4n) is 2.57. The standard InChI is InChI=1S/C16H21ClN2O/c1-18-11-14-3-2-10-19(12-14)16(20)9-6-13-4-7-15(17)8-5-13/h4-9,14,18H,2-3,10-12H2,1H3/b9-6+. The van der Waals surface area contributed by atoms with Gasteiger partial charge in [0.05, 0.1) is 0 Å². The summed E-state index contributed by atoms with van der Waals surface area (Å²) in [6.45, 7) is 2.69. The summed E-state index contributed by atoms with van der Waals surface area (Å²) in [5.74, 6) is 0.669. The van der Waals surface area contributed by atoms with Crippen LogP contribution in [0.2, 0.25) is 5.02 Å². The number of nitrogens with one attached hydrogen (secondary N) is 1. The van der Waals surface area contributed by atoms with E-state index in [1.807, 2.05) is 42.3 Å². The lowest BCUT2D eigenvalue weighted by Crippen LogP contribution is -2.41. The Hall–Kier alpha value is -1.32. The zero-order chi connectivity index (χ0) is 14.4. The molecule has 3 nitrogen and oxygen atoms in total. The first-order valence-electron chi connectivity index (χ1n) is 7.06. The number of likely N-dealkylation sites (tertiary alicyclic amines) is 1. The second-order valence-corrected chi connectivity index (χ2v) is 5.67. The van der Waals surface area contributed by atoms with Crippen molar-refractivity contribution in [3.8, 4) is 0 Å². The molecule has 1 fully saturated rings. The lowest BCUT2D eigenvalue weighted by molar-refractivity contribution is -0.127. The van der Waals surface area contributed by atoms with Crippen LogP contribution in [-0.2, 0) is 4.79 Å². The van der Waals surface area contributed by atoms with Crippen LogP contribution in [0.25, 0.3) is 6.08 Å². The van der Waals surface area contributed by atoms with Crippen molar-refractivity contribution in [2.75, 3.05) is 26.7 Å². The summed E-state index contributed by atoms with van der Waals surface area (Å²) in [4.78, 5) is 14.1. The van der Waals surface area contributed by atoms with Gasteiger partial charge in [0.2, 0.25) is 5.91 Å². The van der Waals surface area contributed by atoms with Crippen LogP contribution in [0.4, 0.5) is 0 Å². The van der Waals surface area contributed by atoms with Crippen molar-refractivity contribution < 1.29 is 4.79 Å². The number of nitrogens with zero attached hydrogens (tertiary/aromatic N) is 1. The van der Waals surface area contributed by atoms with Crippen molar-refractivity contribution in [2.24, 2.45) is 5.92 Å². The van der Waals surface area contributed by atoms with Gasteiger partial charge in [-0.15, -0.1) is 0 Å². The Morgan fingerprint density at radius 3 is 2.90 bits per heavy atom. The first-order chi connectivity index (χ1) is 9.69. The Morgan fingerprint density at radius 2 is 2.20 bits per heavy atom. The molecule has 2 rings (SSSR count). The summed E-state index contributed by atoms with van der Waals surface area (Å²) in [7, 11) is 1.96. The first-order valence-corrected chi connectivity index (χ1v) is 7.44. The van der Waals surface area contributed by atoms with Crippen LogP contribution in [-0.4, -0.2) is 37.5 Å². The number of rotatable bonds is 4. The molecule has 1 aliphatic rings. The van der Waals surface area contributed by atoms with Gasteiger partial charge in [-0.25, -0.2) is 0 Å². The van der Waals surface area contributed by atoms with Gasteiger partial charge >= 0.3 is 0 Å². The van der Waals surface area contributed by atoms with Crippen LogP contribution >= 0.6 is 11.6 Å². The molecule has 1 saturated heterocycles. The van der Waals surface area contributed by atoms with Crippen molar-refractivity contribution >= 4 is 23.6 Å². The SMILES string of the molecule is CNCC1CCCN(C(=O)/C=C/c2ccc(Cl)cc2)C1. The Morgan fingerprint density at radius 1 is 1.45 bits per heavy atom. The lowest BCUT2D eigenvalue weighted by atomic mass is 9.98. The maximum atomic E-state index is 12.2.